The number of aryl methyl sites for hydroxylation is 1. The zero-order chi connectivity index (χ0) is 13.7. The molecular formula is C18H15NO. The maximum absolute atomic E-state index is 5.32. The van der Waals surface area contributed by atoms with Gasteiger partial charge in [0.2, 0.25) is 0 Å². The molecule has 0 saturated carbocycles. The second-order valence-corrected chi connectivity index (χ2v) is 5.12. The summed E-state index contributed by atoms with van der Waals surface area (Å²) < 4.78 is 7.59. The fourth-order valence-corrected chi connectivity index (χ4v) is 3.11. The Hall–Kier alpha value is -2.48. The summed E-state index contributed by atoms with van der Waals surface area (Å²) in [6.45, 7) is 0. The lowest BCUT2D eigenvalue weighted by molar-refractivity contribution is 0.415. The van der Waals surface area contributed by atoms with Crippen molar-refractivity contribution in [1.29, 1.82) is 0 Å². The van der Waals surface area contributed by atoms with E-state index >= 15 is 0 Å². The van der Waals surface area contributed by atoms with Crippen LogP contribution in [0.5, 0.6) is 5.75 Å². The summed E-state index contributed by atoms with van der Waals surface area (Å²) in [6.07, 6.45) is 0. The summed E-state index contributed by atoms with van der Waals surface area (Å²) in [7, 11) is 3.84. The highest BCUT2D eigenvalue weighted by Crippen LogP contribution is 2.34. The van der Waals surface area contributed by atoms with Crippen molar-refractivity contribution >= 4 is 32.6 Å². The topological polar surface area (TPSA) is 14.2 Å². The highest BCUT2D eigenvalue weighted by molar-refractivity contribution is 6.17. The van der Waals surface area contributed by atoms with Gasteiger partial charge in [-0.25, -0.2) is 0 Å². The Morgan fingerprint density at radius 3 is 2.50 bits per heavy atom. The molecule has 0 unspecified atom stereocenters. The van der Waals surface area contributed by atoms with E-state index in [0.717, 1.165) is 5.75 Å². The van der Waals surface area contributed by atoms with E-state index in [-0.39, 0.29) is 0 Å². The third kappa shape index (κ3) is 1.39. The molecule has 0 aliphatic carbocycles. The molecule has 0 aliphatic rings. The maximum atomic E-state index is 5.32. The normalized spacial score (nSPS) is 11.5. The van der Waals surface area contributed by atoms with Gasteiger partial charge in [0, 0.05) is 28.7 Å². The number of fused-ring (bicyclic) bond motifs is 5. The van der Waals surface area contributed by atoms with E-state index in [9.17, 15) is 0 Å². The molecule has 0 radical (unpaired) electrons. The van der Waals surface area contributed by atoms with E-state index in [1.165, 1.54) is 32.6 Å². The molecule has 0 amide bonds. The molecule has 4 rings (SSSR count). The van der Waals surface area contributed by atoms with Gasteiger partial charge >= 0.3 is 0 Å². The third-order valence-corrected chi connectivity index (χ3v) is 4.09. The molecule has 20 heavy (non-hydrogen) atoms. The number of nitrogens with zero attached hydrogens (tertiary/aromatic N) is 1. The molecule has 4 aromatic rings. The van der Waals surface area contributed by atoms with Crippen LogP contribution in [0.15, 0.2) is 54.6 Å². The maximum Gasteiger partial charge on any atom is 0.119 e. The second-order valence-electron chi connectivity index (χ2n) is 5.12. The van der Waals surface area contributed by atoms with E-state index in [4.69, 9.17) is 4.74 Å². The van der Waals surface area contributed by atoms with Gasteiger partial charge in [-0.2, -0.15) is 0 Å². The van der Waals surface area contributed by atoms with Gasteiger partial charge in [0.05, 0.1) is 12.6 Å². The Labute approximate surface area is 117 Å². The lowest BCUT2D eigenvalue weighted by atomic mass is 10.1. The van der Waals surface area contributed by atoms with Crippen LogP contribution in [0.25, 0.3) is 32.6 Å². The van der Waals surface area contributed by atoms with Crippen molar-refractivity contribution in [2.75, 3.05) is 7.11 Å². The molecule has 2 heteroatoms. The van der Waals surface area contributed by atoms with Gasteiger partial charge in [-0.15, -0.1) is 0 Å². The number of hydrogen-bond acceptors (Lipinski definition) is 1. The largest absolute Gasteiger partial charge is 0.497 e. The number of hydrogen-bond donors (Lipinski definition) is 0. The lowest BCUT2D eigenvalue weighted by Crippen LogP contribution is -1.88. The molecule has 0 atom stereocenters. The summed E-state index contributed by atoms with van der Waals surface area (Å²) in [6, 6.07) is 19.2. The van der Waals surface area contributed by atoms with Crippen molar-refractivity contribution < 1.29 is 4.74 Å². The van der Waals surface area contributed by atoms with Gasteiger partial charge in [-0.1, -0.05) is 30.3 Å². The van der Waals surface area contributed by atoms with Gasteiger partial charge in [-0.3, -0.25) is 0 Å². The summed E-state index contributed by atoms with van der Waals surface area (Å²) in [5, 5.41) is 5.09. The molecule has 3 aromatic carbocycles. The number of benzene rings is 3. The molecule has 2 nitrogen and oxygen atoms in total. The van der Waals surface area contributed by atoms with Crippen molar-refractivity contribution in [3.63, 3.8) is 0 Å². The number of methoxy groups -OCH3 is 1. The fourth-order valence-electron chi connectivity index (χ4n) is 3.11. The van der Waals surface area contributed by atoms with Crippen LogP contribution < -0.4 is 4.74 Å². The molecule has 0 fully saturated rings. The fraction of sp³-hybridized carbons (Fsp3) is 0.111. The van der Waals surface area contributed by atoms with Gasteiger partial charge in [-0.05, 0) is 29.7 Å². The minimum absolute atomic E-state index is 0.899. The Morgan fingerprint density at radius 1 is 0.850 bits per heavy atom. The highest BCUT2D eigenvalue weighted by atomic mass is 16.5. The first kappa shape index (κ1) is 11.4. The van der Waals surface area contributed by atoms with Crippen molar-refractivity contribution in [3.05, 3.63) is 54.6 Å². The van der Waals surface area contributed by atoms with E-state index in [1.807, 2.05) is 6.07 Å². The first-order valence-corrected chi connectivity index (χ1v) is 6.73. The SMILES string of the molecule is COc1ccc2c(ccc3c4ccccc4n(C)c23)c1. The van der Waals surface area contributed by atoms with Crippen LogP contribution >= 0.6 is 0 Å². The van der Waals surface area contributed by atoms with Crippen LogP contribution in [-0.4, -0.2) is 11.7 Å². The minimum Gasteiger partial charge on any atom is -0.497 e. The second kappa shape index (κ2) is 4.01. The first-order valence-electron chi connectivity index (χ1n) is 6.73. The van der Waals surface area contributed by atoms with Crippen LogP contribution in [0.2, 0.25) is 0 Å². The average Bonchev–Trinajstić information content (AvgIpc) is 2.80. The summed E-state index contributed by atoms with van der Waals surface area (Å²) in [4.78, 5) is 0. The van der Waals surface area contributed by atoms with Crippen LogP contribution in [-0.2, 0) is 7.05 Å². The van der Waals surface area contributed by atoms with Crippen LogP contribution in [0.3, 0.4) is 0 Å². The number of rotatable bonds is 1. The summed E-state index contributed by atoms with van der Waals surface area (Å²) >= 11 is 0. The molecule has 1 heterocycles. The molecule has 0 spiro atoms. The van der Waals surface area contributed by atoms with E-state index in [2.05, 4.69) is 60.1 Å². The Balaban J connectivity index is 2.24. The minimum atomic E-state index is 0.899. The first-order chi connectivity index (χ1) is 9.79. The summed E-state index contributed by atoms with van der Waals surface area (Å²) in [5.74, 6) is 0.899. The molecule has 0 saturated heterocycles. The zero-order valence-electron chi connectivity index (χ0n) is 11.6. The smallest absolute Gasteiger partial charge is 0.119 e. The molecule has 0 aliphatic heterocycles. The highest BCUT2D eigenvalue weighted by Gasteiger charge is 2.10. The van der Waals surface area contributed by atoms with Crippen LogP contribution in [0, 0.1) is 0 Å². The monoisotopic (exact) mass is 261 g/mol. The van der Waals surface area contributed by atoms with E-state index < -0.39 is 0 Å². The molecule has 0 bridgehead atoms. The van der Waals surface area contributed by atoms with Gasteiger partial charge in [0.25, 0.3) is 0 Å². The van der Waals surface area contributed by atoms with Crippen molar-refractivity contribution in [2.24, 2.45) is 7.05 Å². The van der Waals surface area contributed by atoms with Gasteiger partial charge in [0.15, 0.2) is 0 Å². The molecular weight excluding hydrogens is 246 g/mol. The Morgan fingerprint density at radius 2 is 1.65 bits per heavy atom. The van der Waals surface area contributed by atoms with Gasteiger partial charge in [0.1, 0.15) is 5.75 Å². The van der Waals surface area contributed by atoms with Crippen molar-refractivity contribution in [1.82, 2.24) is 4.57 Å². The predicted molar refractivity (Wildman–Crippen MR) is 84.5 cm³/mol. The number of ether oxygens (including phenoxy) is 1. The quantitative estimate of drug-likeness (QED) is 0.492. The third-order valence-electron chi connectivity index (χ3n) is 4.09. The lowest BCUT2D eigenvalue weighted by Gasteiger charge is -2.05. The standard InChI is InChI=1S/C18H15NO/c1-19-17-6-4-3-5-15(17)16-9-7-12-11-13(20-2)8-10-14(12)18(16)19/h3-11H,1-2H3. The average molecular weight is 261 g/mol. The van der Waals surface area contributed by atoms with Gasteiger partial charge < -0.3 is 9.30 Å². The number of para-hydroxylation sites is 1. The molecule has 0 N–H and O–H groups in total. The summed E-state index contributed by atoms with van der Waals surface area (Å²) in [5.41, 5.74) is 2.55. The Bertz CT molecular complexity index is 950. The van der Waals surface area contributed by atoms with Crippen LogP contribution in [0.1, 0.15) is 0 Å². The van der Waals surface area contributed by atoms with Crippen LogP contribution in [0.4, 0.5) is 0 Å². The van der Waals surface area contributed by atoms with E-state index in [0.29, 0.717) is 0 Å². The molecule has 98 valence electrons. The number of aromatic nitrogens is 1. The van der Waals surface area contributed by atoms with Crippen molar-refractivity contribution in [2.45, 2.75) is 0 Å². The zero-order valence-corrected chi connectivity index (χ0v) is 11.6. The predicted octanol–water partition coefficient (Wildman–Crippen LogP) is 4.49. The molecule has 1 aromatic heterocycles. The Kier molecular flexibility index (Phi) is 2.27. The van der Waals surface area contributed by atoms with Crippen molar-refractivity contribution in [3.8, 4) is 5.75 Å². The van der Waals surface area contributed by atoms with E-state index in [1.54, 1.807) is 7.11 Å².